The zero-order valence-electron chi connectivity index (χ0n) is 11.0. The first-order valence-corrected chi connectivity index (χ1v) is 7.35. The Bertz CT molecular complexity index is 493. The molecule has 0 atom stereocenters. The van der Waals surface area contributed by atoms with E-state index in [1.807, 2.05) is 23.1 Å². The lowest BCUT2D eigenvalue weighted by atomic mass is 10.2. The summed E-state index contributed by atoms with van der Waals surface area (Å²) in [7, 11) is 0. The first kappa shape index (κ1) is 13.1. The zero-order valence-corrected chi connectivity index (χ0v) is 11.8. The third kappa shape index (κ3) is 2.72. The van der Waals surface area contributed by atoms with Gasteiger partial charge in [0.25, 0.3) is 5.91 Å². The molecule has 18 heavy (non-hydrogen) atoms. The molecule has 1 heterocycles. The van der Waals surface area contributed by atoms with E-state index in [1.54, 1.807) is 11.3 Å². The molecule has 2 aromatic rings. The van der Waals surface area contributed by atoms with E-state index in [9.17, 15) is 4.79 Å². The second kappa shape index (κ2) is 6.01. The molecule has 3 heteroatoms. The standard InChI is InChI=1S/C15H19NOS/c1-3-9-16(10-4-2)15(17)14-11-12-7-5-6-8-13(12)18-14/h5-8,11H,3-4,9-10H2,1-2H3. The van der Waals surface area contributed by atoms with Crippen LogP contribution in [0.15, 0.2) is 30.3 Å². The van der Waals surface area contributed by atoms with E-state index in [4.69, 9.17) is 0 Å². The molecular weight excluding hydrogens is 242 g/mol. The van der Waals surface area contributed by atoms with Crippen molar-refractivity contribution >= 4 is 27.3 Å². The summed E-state index contributed by atoms with van der Waals surface area (Å²) in [4.78, 5) is 15.3. The molecule has 0 saturated heterocycles. The average molecular weight is 261 g/mol. The molecule has 0 saturated carbocycles. The third-order valence-corrected chi connectivity index (χ3v) is 4.01. The molecule has 0 unspecified atom stereocenters. The van der Waals surface area contributed by atoms with Crippen molar-refractivity contribution in [1.29, 1.82) is 0 Å². The molecule has 1 aromatic heterocycles. The van der Waals surface area contributed by atoms with Crippen LogP contribution in [0, 0.1) is 0 Å². The van der Waals surface area contributed by atoms with Gasteiger partial charge in [-0.3, -0.25) is 4.79 Å². The highest BCUT2D eigenvalue weighted by Gasteiger charge is 2.16. The predicted molar refractivity (Wildman–Crippen MR) is 78.3 cm³/mol. The van der Waals surface area contributed by atoms with Crippen LogP contribution in [0.5, 0.6) is 0 Å². The van der Waals surface area contributed by atoms with Crippen molar-refractivity contribution in [3.05, 3.63) is 35.2 Å². The van der Waals surface area contributed by atoms with Crippen LogP contribution in [-0.2, 0) is 0 Å². The lowest BCUT2D eigenvalue weighted by Gasteiger charge is -2.20. The van der Waals surface area contributed by atoms with E-state index >= 15 is 0 Å². The Morgan fingerprint density at radius 2 is 1.83 bits per heavy atom. The van der Waals surface area contributed by atoms with Crippen molar-refractivity contribution in [2.24, 2.45) is 0 Å². The maximum atomic E-state index is 12.4. The van der Waals surface area contributed by atoms with Gasteiger partial charge in [-0.25, -0.2) is 0 Å². The second-order valence-electron chi connectivity index (χ2n) is 4.44. The summed E-state index contributed by atoms with van der Waals surface area (Å²) in [6.45, 7) is 5.92. The average Bonchev–Trinajstić information content (AvgIpc) is 2.81. The number of rotatable bonds is 5. The minimum absolute atomic E-state index is 0.180. The number of hydrogen-bond donors (Lipinski definition) is 0. The van der Waals surface area contributed by atoms with E-state index in [-0.39, 0.29) is 5.91 Å². The fraction of sp³-hybridized carbons (Fsp3) is 0.400. The number of carbonyl (C=O) groups excluding carboxylic acids is 1. The van der Waals surface area contributed by atoms with Crippen LogP contribution >= 0.6 is 11.3 Å². The number of fused-ring (bicyclic) bond motifs is 1. The van der Waals surface area contributed by atoms with Gasteiger partial charge >= 0.3 is 0 Å². The highest BCUT2D eigenvalue weighted by molar-refractivity contribution is 7.20. The van der Waals surface area contributed by atoms with Gasteiger partial charge in [0.15, 0.2) is 0 Å². The monoisotopic (exact) mass is 261 g/mol. The molecule has 96 valence electrons. The van der Waals surface area contributed by atoms with Crippen LogP contribution in [0.2, 0.25) is 0 Å². The van der Waals surface area contributed by atoms with Gasteiger partial charge in [0.1, 0.15) is 0 Å². The smallest absolute Gasteiger partial charge is 0.263 e. The lowest BCUT2D eigenvalue weighted by Crippen LogP contribution is -2.31. The quantitative estimate of drug-likeness (QED) is 0.791. The Morgan fingerprint density at radius 3 is 2.44 bits per heavy atom. The van der Waals surface area contributed by atoms with Crippen LogP contribution in [0.4, 0.5) is 0 Å². The zero-order chi connectivity index (χ0) is 13.0. The van der Waals surface area contributed by atoms with Crippen molar-refractivity contribution in [1.82, 2.24) is 4.90 Å². The van der Waals surface area contributed by atoms with Crippen LogP contribution in [0.25, 0.3) is 10.1 Å². The SMILES string of the molecule is CCCN(CCC)C(=O)c1cc2ccccc2s1. The van der Waals surface area contributed by atoms with Gasteiger partial charge in [-0.05, 0) is 30.4 Å². The van der Waals surface area contributed by atoms with Crippen LogP contribution in [-0.4, -0.2) is 23.9 Å². The summed E-state index contributed by atoms with van der Waals surface area (Å²) in [5.41, 5.74) is 0. The molecule has 0 aliphatic carbocycles. The topological polar surface area (TPSA) is 20.3 Å². The number of hydrogen-bond acceptors (Lipinski definition) is 2. The Kier molecular flexibility index (Phi) is 4.37. The van der Waals surface area contributed by atoms with Gasteiger partial charge in [0, 0.05) is 17.8 Å². The Hall–Kier alpha value is -1.35. The highest BCUT2D eigenvalue weighted by Crippen LogP contribution is 2.26. The second-order valence-corrected chi connectivity index (χ2v) is 5.52. The normalized spacial score (nSPS) is 10.8. The van der Waals surface area contributed by atoms with Crippen LogP contribution in [0.3, 0.4) is 0 Å². The van der Waals surface area contributed by atoms with Crippen molar-refractivity contribution < 1.29 is 4.79 Å². The Morgan fingerprint density at radius 1 is 1.17 bits per heavy atom. The fourth-order valence-corrected chi connectivity index (χ4v) is 3.13. The van der Waals surface area contributed by atoms with Gasteiger partial charge < -0.3 is 4.90 Å². The van der Waals surface area contributed by atoms with Gasteiger partial charge in [0.05, 0.1) is 4.88 Å². The highest BCUT2D eigenvalue weighted by atomic mass is 32.1. The summed E-state index contributed by atoms with van der Waals surface area (Å²) < 4.78 is 1.19. The summed E-state index contributed by atoms with van der Waals surface area (Å²) in [5.74, 6) is 0.180. The molecule has 1 amide bonds. The summed E-state index contributed by atoms with van der Waals surface area (Å²) >= 11 is 1.59. The molecule has 0 spiro atoms. The molecule has 0 radical (unpaired) electrons. The van der Waals surface area contributed by atoms with Gasteiger partial charge in [-0.1, -0.05) is 32.0 Å². The Labute approximate surface area is 112 Å². The van der Waals surface area contributed by atoms with Crippen molar-refractivity contribution in [2.75, 3.05) is 13.1 Å². The van der Waals surface area contributed by atoms with E-state index in [1.165, 1.54) is 10.1 Å². The predicted octanol–water partition coefficient (Wildman–Crippen LogP) is 4.16. The molecular formula is C15H19NOS. The first-order chi connectivity index (χ1) is 8.76. The molecule has 0 fully saturated rings. The maximum Gasteiger partial charge on any atom is 0.263 e. The van der Waals surface area contributed by atoms with E-state index < -0.39 is 0 Å². The largest absolute Gasteiger partial charge is 0.338 e. The summed E-state index contributed by atoms with van der Waals surface area (Å²) in [6.07, 6.45) is 2.02. The Balaban J connectivity index is 2.25. The molecule has 1 aromatic carbocycles. The number of amides is 1. The minimum atomic E-state index is 0.180. The number of thiophene rings is 1. The van der Waals surface area contributed by atoms with Gasteiger partial charge in [-0.15, -0.1) is 11.3 Å². The molecule has 2 nitrogen and oxygen atoms in total. The molecule has 0 N–H and O–H groups in total. The third-order valence-electron chi connectivity index (χ3n) is 2.91. The van der Waals surface area contributed by atoms with E-state index in [0.717, 1.165) is 30.8 Å². The van der Waals surface area contributed by atoms with Crippen LogP contribution < -0.4 is 0 Å². The lowest BCUT2D eigenvalue weighted by molar-refractivity contribution is 0.0760. The molecule has 2 rings (SSSR count). The first-order valence-electron chi connectivity index (χ1n) is 6.54. The molecule has 0 aliphatic heterocycles. The maximum absolute atomic E-state index is 12.4. The summed E-state index contributed by atoms with van der Waals surface area (Å²) in [6, 6.07) is 10.2. The van der Waals surface area contributed by atoms with Gasteiger partial charge in [-0.2, -0.15) is 0 Å². The van der Waals surface area contributed by atoms with E-state index in [2.05, 4.69) is 26.0 Å². The fourth-order valence-electron chi connectivity index (χ4n) is 2.10. The van der Waals surface area contributed by atoms with Crippen molar-refractivity contribution in [3.63, 3.8) is 0 Å². The number of nitrogens with zero attached hydrogens (tertiary/aromatic N) is 1. The van der Waals surface area contributed by atoms with Crippen LogP contribution in [0.1, 0.15) is 36.4 Å². The molecule has 0 aliphatic rings. The number of benzene rings is 1. The molecule has 0 bridgehead atoms. The number of carbonyl (C=O) groups is 1. The van der Waals surface area contributed by atoms with Gasteiger partial charge in [0.2, 0.25) is 0 Å². The summed E-state index contributed by atoms with van der Waals surface area (Å²) in [5, 5.41) is 1.17. The van der Waals surface area contributed by atoms with Crippen molar-refractivity contribution in [2.45, 2.75) is 26.7 Å². The van der Waals surface area contributed by atoms with Crippen molar-refractivity contribution in [3.8, 4) is 0 Å². The van der Waals surface area contributed by atoms with E-state index in [0.29, 0.717) is 0 Å². The minimum Gasteiger partial charge on any atom is -0.338 e.